The van der Waals surface area contributed by atoms with Crippen molar-refractivity contribution < 1.29 is 22.7 Å². The molecule has 1 atom stereocenters. The Hall–Kier alpha value is -2.38. The van der Waals surface area contributed by atoms with Crippen LogP contribution in [0.15, 0.2) is 59.5 Å². The third kappa shape index (κ3) is 5.06. The molecule has 0 heterocycles. The molecule has 0 radical (unpaired) electrons. The standard InChI is InChI=1S/C18H18ClNO5S/c1-25-18(22)16(20-17(21)14-9-5-6-10-15(14)19)11-12-26(23,24)13-7-3-2-4-8-13/h2-10,16H,11-12H2,1H3,(H,20,21)/t16-/m1/s1. The van der Waals surface area contributed by atoms with Gasteiger partial charge in [-0.1, -0.05) is 41.9 Å². The molecule has 0 aliphatic rings. The molecule has 8 heteroatoms. The van der Waals surface area contributed by atoms with Crippen LogP contribution in [0.25, 0.3) is 0 Å². The summed E-state index contributed by atoms with van der Waals surface area (Å²) >= 11 is 5.97. The number of benzene rings is 2. The number of methoxy groups -OCH3 is 1. The van der Waals surface area contributed by atoms with Gasteiger partial charge < -0.3 is 10.1 Å². The van der Waals surface area contributed by atoms with Gasteiger partial charge in [0.2, 0.25) is 0 Å². The molecule has 1 amide bonds. The minimum Gasteiger partial charge on any atom is -0.467 e. The molecule has 2 aromatic rings. The van der Waals surface area contributed by atoms with Crippen LogP contribution in [0, 0.1) is 0 Å². The highest BCUT2D eigenvalue weighted by Gasteiger charge is 2.26. The van der Waals surface area contributed by atoms with E-state index in [4.69, 9.17) is 11.6 Å². The summed E-state index contributed by atoms with van der Waals surface area (Å²) in [6.07, 6.45) is -0.125. The average molecular weight is 396 g/mol. The maximum absolute atomic E-state index is 12.4. The molecule has 2 rings (SSSR count). The van der Waals surface area contributed by atoms with E-state index in [0.717, 1.165) is 0 Å². The number of esters is 1. The van der Waals surface area contributed by atoms with Crippen LogP contribution in [0.2, 0.25) is 5.02 Å². The van der Waals surface area contributed by atoms with Gasteiger partial charge in [-0.25, -0.2) is 13.2 Å². The highest BCUT2D eigenvalue weighted by atomic mass is 35.5. The first kappa shape index (κ1) is 19.9. The van der Waals surface area contributed by atoms with E-state index < -0.39 is 27.8 Å². The average Bonchev–Trinajstić information content (AvgIpc) is 2.65. The monoisotopic (exact) mass is 395 g/mol. The van der Waals surface area contributed by atoms with Gasteiger partial charge >= 0.3 is 5.97 Å². The van der Waals surface area contributed by atoms with Crippen LogP contribution in [0.4, 0.5) is 0 Å². The molecule has 6 nitrogen and oxygen atoms in total. The van der Waals surface area contributed by atoms with Crippen LogP contribution in [0.3, 0.4) is 0 Å². The third-order valence-corrected chi connectivity index (χ3v) is 5.78. The van der Waals surface area contributed by atoms with Gasteiger partial charge in [0.05, 0.1) is 28.3 Å². The Labute approximate surface area is 157 Å². The van der Waals surface area contributed by atoms with Gasteiger partial charge in [-0.3, -0.25) is 4.79 Å². The molecule has 0 aromatic heterocycles. The normalized spacial score (nSPS) is 12.2. The number of carbonyl (C=O) groups is 2. The number of hydrogen-bond acceptors (Lipinski definition) is 5. The number of halogens is 1. The lowest BCUT2D eigenvalue weighted by atomic mass is 10.1. The van der Waals surface area contributed by atoms with Crippen molar-refractivity contribution >= 4 is 33.3 Å². The second-order valence-electron chi connectivity index (χ2n) is 5.45. The predicted molar refractivity (Wildman–Crippen MR) is 97.8 cm³/mol. The molecular formula is C18H18ClNO5S. The van der Waals surface area contributed by atoms with Gasteiger partial charge in [0.15, 0.2) is 9.84 Å². The van der Waals surface area contributed by atoms with Crippen molar-refractivity contribution in [2.75, 3.05) is 12.9 Å². The Balaban J connectivity index is 2.12. The van der Waals surface area contributed by atoms with Crippen molar-refractivity contribution in [3.63, 3.8) is 0 Å². The van der Waals surface area contributed by atoms with E-state index >= 15 is 0 Å². The van der Waals surface area contributed by atoms with Gasteiger partial charge in [-0.05, 0) is 30.7 Å². The Bertz CT molecular complexity index is 883. The number of sulfone groups is 1. The van der Waals surface area contributed by atoms with Gasteiger partial charge in [0.25, 0.3) is 5.91 Å². The highest BCUT2D eigenvalue weighted by Crippen LogP contribution is 2.16. The van der Waals surface area contributed by atoms with Gasteiger partial charge in [0, 0.05) is 0 Å². The summed E-state index contributed by atoms with van der Waals surface area (Å²) in [6, 6.07) is 13.1. The van der Waals surface area contributed by atoms with E-state index in [0.29, 0.717) is 0 Å². The fraction of sp³-hybridized carbons (Fsp3) is 0.222. The summed E-state index contributed by atoms with van der Waals surface area (Å²) in [7, 11) is -2.42. The second-order valence-corrected chi connectivity index (χ2v) is 7.97. The van der Waals surface area contributed by atoms with Crippen LogP contribution in [0.1, 0.15) is 16.8 Å². The quantitative estimate of drug-likeness (QED) is 0.727. The van der Waals surface area contributed by atoms with E-state index in [2.05, 4.69) is 10.1 Å². The minimum absolute atomic E-state index is 0.125. The van der Waals surface area contributed by atoms with Crippen molar-refractivity contribution in [3.8, 4) is 0 Å². The smallest absolute Gasteiger partial charge is 0.328 e. The first-order chi connectivity index (χ1) is 12.3. The van der Waals surface area contributed by atoms with Gasteiger partial charge in [-0.15, -0.1) is 0 Å². The SMILES string of the molecule is COC(=O)[C@@H](CCS(=O)(=O)c1ccccc1)NC(=O)c1ccccc1Cl. The summed E-state index contributed by atoms with van der Waals surface area (Å²) in [5.41, 5.74) is 0.189. The van der Waals surface area contributed by atoms with E-state index in [1.54, 1.807) is 36.4 Å². The van der Waals surface area contributed by atoms with E-state index in [1.807, 2.05) is 0 Å². The Kier molecular flexibility index (Phi) is 6.76. The summed E-state index contributed by atoms with van der Waals surface area (Å²) in [4.78, 5) is 24.4. The molecule has 26 heavy (non-hydrogen) atoms. The summed E-state index contributed by atoms with van der Waals surface area (Å²) in [5, 5.41) is 2.71. The summed E-state index contributed by atoms with van der Waals surface area (Å²) < 4.78 is 29.4. The van der Waals surface area contributed by atoms with Crippen molar-refractivity contribution in [1.29, 1.82) is 0 Å². The van der Waals surface area contributed by atoms with Crippen molar-refractivity contribution in [3.05, 3.63) is 65.2 Å². The largest absolute Gasteiger partial charge is 0.467 e. The molecule has 1 N–H and O–H groups in total. The zero-order valence-electron chi connectivity index (χ0n) is 14.0. The number of rotatable bonds is 7. The number of nitrogens with one attached hydrogen (secondary N) is 1. The molecule has 0 unspecified atom stereocenters. The summed E-state index contributed by atoms with van der Waals surface area (Å²) in [6.45, 7) is 0. The Morgan fingerprint density at radius 2 is 1.69 bits per heavy atom. The highest BCUT2D eigenvalue weighted by molar-refractivity contribution is 7.91. The molecule has 0 saturated heterocycles. The van der Waals surface area contributed by atoms with Crippen LogP contribution in [-0.4, -0.2) is 39.2 Å². The lowest BCUT2D eigenvalue weighted by Crippen LogP contribution is -2.42. The first-order valence-electron chi connectivity index (χ1n) is 7.76. The zero-order valence-corrected chi connectivity index (χ0v) is 15.6. The van der Waals surface area contributed by atoms with Crippen LogP contribution < -0.4 is 5.32 Å². The second kappa shape index (κ2) is 8.82. The van der Waals surface area contributed by atoms with Crippen LogP contribution in [-0.2, 0) is 19.4 Å². The first-order valence-corrected chi connectivity index (χ1v) is 9.79. The van der Waals surface area contributed by atoms with Crippen molar-refractivity contribution in [1.82, 2.24) is 5.32 Å². The molecule has 0 fully saturated rings. The van der Waals surface area contributed by atoms with E-state index in [9.17, 15) is 18.0 Å². The molecule has 138 valence electrons. The molecule has 0 saturated carbocycles. The molecule has 0 bridgehead atoms. The molecule has 0 spiro atoms. The van der Waals surface area contributed by atoms with Gasteiger partial charge in [0.1, 0.15) is 6.04 Å². The molecule has 2 aromatic carbocycles. The number of hydrogen-bond donors (Lipinski definition) is 1. The number of carbonyl (C=O) groups excluding carboxylic acids is 2. The molecule has 0 aliphatic heterocycles. The lowest BCUT2D eigenvalue weighted by Gasteiger charge is -2.17. The summed E-state index contributed by atoms with van der Waals surface area (Å²) in [5.74, 6) is -1.63. The maximum atomic E-state index is 12.4. The fourth-order valence-corrected chi connectivity index (χ4v) is 3.87. The zero-order chi connectivity index (χ0) is 19.2. The predicted octanol–water partition coefficient (Wildman–Crippen LogP) is 2.48. The van der Waals surface area contributed by atoms with Crippen LogP contribution in [0.5, 0.6) is 0 Å². The van der Waals surface area contributed by atoms with E-state index in [-0.39, 0.29) is 27.7 Å². The van der Waals surface area contributed by atoms with Gasteiger partial charge in [-0.2, -0.15) is 0 Å². The third-order valence-electron chi connectivity index (χ3n) is 3.69. The lowest BCUT2D eigenvalue weighted by molar-refractivity contribution is -0.142. The van der Waals surface area contributed by atoms with Crippen molar-refractivity contribution in [2.24, 2.45) is 0 Å². The Morgan fingerprint density at radius 1 is 1.08 bits per heavy atom. The van der Waals surface area contributed by atoms with Crippen molar-refractivity contribution in [2.45, 2.75) is 17.4 Å². The van der Waals surface area contributed by atoms with E-state index in [1.165, 1.54) is 25.3 Å². The number of amides is 1. The fourth-order valence-electron chi connectivity index (χ4n) is 2.29. The molecular weight excluding hydrogens is 378 g/mol. The maximum Gasteiger partial charge on any atom is 0.328 e. The van der Waals surface area contributed by atoms with Crippen LogP contribution >= 0.6 is 11.6 Å². The topological polar surface area (TPSA) is 89.5 Å². The minimum atomic E-state index is -3.59. The Morgan fingerprint density at radius 3 is 2.31 bits per heavy atom. The molecule has 0 aliphatic carbocycles. The number of ether oxygens (including phenoxy) is 1.